The van der Waals surface area contributed by atoms with E-state index in [1.165, 1.54) is 10.9 Å². The Labute approximate surface area is 91.5 Å². The van der Waals surface area contributed by atoms with Crippen molar-refractivity contribution in [1.29, 1.82) is 0 Å². The number of carbonyl (C=O) groups excluding carboxylic acids is 2. The van der Waals surface area contributed by atoms with E-state index in [2.05, 4.69) is 5.10 Å². The van der Waals surface area contributed by atoms with Gasteiger partial charge in [-0.3, -0.25) is 9.59 Å². The summed E-state index contributed by atoms with van der Waals surface area (Å²) in [5, 5.41) is 4.08. The highest BCUT2D eigenvalue weighted by atomic mass is 16.2. The van der Waals surface area contributed by atoms with Gasteiger partial charge in [0.25, 0.3) is 0 Å². The van der Waals surface area contributed by atoms with Gasteiger partial charge in [0, 0.05) is 0 Å². The molecule has 1 aliphatic rings. The van der Waals surface area contributed by atoms with Crippen LogP contribution < -0.4 is 0 Å². The number of aromatic nitrogens is 2. The molecule has 78 valence electrons. The molecule has 0 fully saturated rings. The number of benzene rings is 1. The maximum Gasteiger partial charge on any atom is 0.189 e. The third-order valence-electron chi connectivity index (χ3n) is 2.66. The zero-order valence-electron chi connectivity index (χ0n) is 8.38. The number of para-hydroxylation sites is 1. The first kappa shape index (κ1) is 9.03. The Kier molecular flexibility index (Phi) is 1.77. The zero-order valence-corrected chi connectivity index (χ0v) is 8.38. The Morgan fingerprint density at radius 3 is 2.56 bits per heavy atom. The van der Waals surface area contributed by atoms with Crippen LogP contribution in [0.5, 0.6) is 0 Å². The minimum Gasteiger partial charge on any atom is -0.294 e. The molecule has 1 aromatic heterocycles. The van der Waals surface area contributed by atoms with Gasteiger partial charge in [0.1, 0.15) is 5.69 Å². The van der Waals surface area contributed by atoms with Gasteiger partial charge in [-0.15, -0.1) is 0 Å². The lowest BCUT2D eigenvalue weighted by Crippen LogP contribution is -2.05. The number of rotatable bonds is 1. The van der Waals surface area contributed by atoms with Crippen molar-refractivity contribution in [3.05, 3.63) is 47.8 Å². The predicted octanol–water partition coefficient (Wildman–Crippen LogP) is 1.64. The molecule has 0 bridgehead atoms. The minimum absolute atomic E-state index is 0.0278. The van der Waals surface area contributed by atoms with E-state index in [-0.39, 0.29) is 18.0 Å². The van der Waals surface area contributed by atoms with Gasteiger partial charge in [-0.25, -0.2) is 4.68 Å². The number of ketones is 2. The van der Waals surface area contributed by atoms with Gasteiger partial charge in [0.15, 0.2) is 11.6 Å². The van der Waals surface area contributed by atoms with Crippen molar-refractivity contribution in [1.82, 2.24) is 9.78 Å². The van der Waals surface area contributed by atoms with Crippen molar-refractivity contribution in [3.63, 3.8) is 0 Å². The van der Waals surface area contributed by atoms with Crippen LogP contribution in [0.1, 0.15) is 27.3 Å². The maximum atomic E-state index is 11.6. The fraction of sp³-hybridized carbons (Fsp3) is 0.0833. The molecular weight excluding hydrogens is 204 g/mol. The lowest BCUT2D eigenvalue weighted by Gasteiger charge is -2.03. The van der Waals surface area contributed by atoms with Crippen LogP contribution in [0.2, 0.25) is 0 Å². The van der Waals surface area contributed by atoms with E-state index in [0.717, 1.165) is 5.69 Å². The number of Topliss-reactive ketones (excluding diaryl/α,β-unsaturated/α-hetero) is 2. The normalized spacial score (nSPS) is 14.2. The van der Waals surface area contributed by atoms with Crippen LogP contribution in [0.3, 0.4) is 0 Å². The lowest BCUT2D eigenvalue weighted by molar-refractivity contribution is 0.0919. The summed E-state index contributed by atoms with van der Waals surface area (Å²) in [5.74, 6) is -0.288. The van der Waals surface area contributed by atoms with Gasteiger partial charge in [0.05, 0.1) is 23.9 Å². The van der Waals surface area contributed by atoms with Crippen LogP contribution in [0.25, 0.3) is 5.69 Å². The summed E-state index contributed by atoms with van der Waals surface area (Å²) in [7, 11) is 0. The summed E-state index contributed by atoms with van der Waals surface area (Å²) in [4.78, 5) is 23.1. The van der Waals surface area contributed by atoms with E-state index in [4.69, 9.17) is 0 Å². The van der Waals surface area contributed by atoms with Crippen LogP contribution >= 0.6 is 0 Å². The first-order valence-electron chi connectivity index (χ1n) is 4.97. The molecule has 0 atom stereocenters. The predicted molar refractivity (Wildman–Crippen MR) is 56.8 cm³/mol. The first-order chi connectivity index (χ1) is 7.77. The summed E-state index contributed by atoms with van der Waals surface area (Å²) in [6, 6.07) is 9.32. The summed E-state index contributed by atoms with van der Waals surface area (Å²) in [6.45, 7) is 0. The molecule has 0 aliphatic heterocycles. The fourth-order valence-corrected chi connectivity index (χ4v) is 1.91. The molecule has 0 N–H and O–H groups in total. The average molecular weight is 212 g/mol. The molecule has 0 radical (unpaired) electrons. The van der Waals surface area contributed by atoms with Gasteiger partial charge in [-0.2, -0.15) is 5.10 Å². The molecule has 4 heteroatoms. The molecule has 0 amide bonds. The second kappa shape index (κ2) is 3.13. The Hall–Kier alpha value is -2.23. The average Bonchev–Trinajstić information content (AvgIpc) is 2.84. The van der Waals surface area contributed by atoms with E-state index in [0.29, 0.717) is 11.3 Å². The highest BCUT2D eigenvalue weighted by Crippen LogP contribution is 2.23. The van der Waals surface area contributed by atoms with Crippen molar-refractivity contribution >= 4 is 11.6 Å². The van der Waals surface area contributed by atoms with Gasteiger partial charge in [-0.05, 0) is 12.1 Å². The highest BCUT2D eigenvalue weighted by molar-refractivity contribution is 6.23. The summed E-state index contributed by atoms with van der Waals surface area (Å²) >= 11 is 0. The third kappa shape index (κ3) is 1.13. The second-order valence-corrected chi connectivity index (χ2v) is 3.68. The topological polar surface area (TPSA) is 52.0 Å². The summed E-state index contributed by atoms with van der Waals surface area (Å²) in [6.07, 6.45) is 1.44. The molecule has 3 rings (SSSR count). The Morgan fingerprint density at radius 1 is 1.06 bits per heavy atom. The van der Waals surface area contributed by atoms with Gasteiger partial charge in [0.2, 0.25) is 0 Å². The molecule has 2 aromatic rings. The van der Waals surface area contributed by atoms with E-state index >= 15 is 0 Å². The van der Waals surface area contributed by atoms with Gasteiger partial charge >= 0.3 is 0 Å². The molecular formula is C12H8N2O2. The molecule has 1 aromatic carbocycles. The number of hydrogen-bond donors (Lipinski definition) is 0. The number of nitrogens with zero attached hydrogens (tertiary/aromatic N) is 2. The largest absolute Gasteiger partial charge is 0.294 e. The monoisotopic (exact) mass is 212 g/mol. The van der Waals surface area contributed by atoms with Crippen LogP contribution in [-0.4, -0.2) is 21.3 Å². The van der Waals surface area contributed by atoms with E-state index in [9.17, 15) is 9.59 Å². The third-order valence-corrected chi connectivity index (χ3v) is 2.66. The van der Waals surface area contributed by atoms with Crippen LogP contribution in [0.4, 0.5) is 0 Å². The SMILES string of the molecule is O=C1CC(=O)c2c1cnn2-c1ccccc1. The Bertz CT molecular complexity index is 584. The minimum atomic E-state index is -0.152. The second-order valence-electron chi connectivity index (χ2n) is 3.68. The Morgan fingerprint density at radius 2 is 1.81 bits per heavy atom. The molecule has 4 nitrogen and oxygen atoms in total. The summed E-state index contributed by atoms with van der Waals surface area (Å²) < 4.78 is 1.53. The molecule has 16 heavy (non-hydrogen) atoms. The molecule has 0 saturated heterocycles. The van der Waals surface area contributed by atoms with Crippen molar-refractivity contribution in [2.75, 3.05) is 0 Å². The quantitative estimate of drug-likeness (QED) is 0.675. The molecule has 0 spiro atoms. The Balaban J connectivity index is 2.22. The molecule has 0 unspecified atom stereocenters. The van der Waals surface area contributed by atoms with Crippen LogP contribution in [0, 0.1) is 0 Å². The number of carbonyl (C=O) groups is 2. The fourth-order valence-electron chi connectivity index (χ4n) is 1.91. The van der Waals surface area contributed by atoms with Crippen LogP contribution in [0.15, 0.2) is 36.5 Å². The van der Waals surface area contributed by atoms with Crippen LogP contribution in [-0.2, 0) is 0 Å². The van der Waals surface area contributed by atoms with Gasteiger partial charge < -0.3 is 0 Å². The number of hydrogen-bond acceptors (Lipinski definition) is 3. The first-order valence-corrected chi connectivity index (χ1v) is 4.97. The van der Waals surface area contributed by atoms with Crippen molar-refractivity contribution < 1.29 is 9.59 Å². The molecule has 0 saturated carbocycles. The smallest absolute Gasteiger partial charge is 0.189 e. The highest BCUT2D eigenvalue weighted by Gasteiger charge is 2.32. The van der Waals surface area contributed by atoms with E-state index < -0.39 is 0 Å². The van der Waals surface area contributed by atoms with Crippen molar-refractivity contribution in [2.45, 2.75) is 6.42 Å². The summed E-state index contributed by atoms with van der Waals surface area (Å²) in [5.41, 5.74) is 1.65. The van der Waals surface area contributed by atoms with Gasteiger partial charge in [-0.1, -0.05) is 18.2 Å². The molecule has 1 aliphatic carbocycles. The standard InChI is InChI=1S/C12H8N2O2/c15-10-6-11(16)12-9(10)7-13-14(12)8-4-2-1-3-5-8/h1-5,7H,6H2. The van der Waals surface area contributed by atoms with E-state index in [1.54, 1.807) is 0 Å². The molecule has 1 heterocycles. The zero-order chi connectivity index (χ0) is 11.1. The number of fused-ring (bicyclic) bond motifs is 1. The van der Waals surface area contributed by atoms with E-state index in [1.807, 2.05) is 30.3 Å². The lowest BCUT2D eigenvalue weighted by atomic mass is 10.2. The van der Waals surface area contributed by atoms with Crippen molar-refractivity contribution in [3.8, 4) is 5.69 Å². The maximum absolute atomic E-state index is 11.6. The van der Waals surface area contributed by atoms with Crippen molar-refractivity contribution in [2.24, 2.45) is 0 Å².